The number of aromatic nitrogens is 3. The Bertz CT molecular complexity index is 1510. The fourth-order valence-electron chi connectivity index (χ4n) is 5.48. The van der Waals surface area contributed by atoms with Gasteiger partial charge in [0.2, 0.25) is 5.91 Å². The van der Waals surface area contributed by atoms with Crippen molar-refractivity contribution in [2.75, 3.05) is 36.0 Å². The summed E-state index contributed by atoms with van der Waals surface area (Å²) in [4.78, 5) is 38.2. The topological polar surface area (TPSA) is 74.6 Å². The van der Waals surface area contributed by atoms with E-state index >= 15 is 0 Å². The van der Waals surface area contributed by atoms with Gasteiger partial charge in [-0.3, -0.25) is 14.3 Å². The monoisotopic (exact) mass is 564 g/mol. The number of carbonyl (C=O) groups is 2. The Morgan fingerprint density at radius 3 is 2.40 bits per heavy atom. The number of pyridine rings is 1. The Morgan fingerprint density at radius 2 is 1.67 bits per heavy atom. The Kier molecular flexibility index (Phi) is 9.00. The van der Waals surface area contributed by atoms with E-state index in [1.807, 2.05) is 65.4 Å². The van der Waals surface area contributed by atoms with E-state index in [1.165, 1.54) is 5.56 Å². The molecule has 2 amide bonds. The molecule has 0 fully saturated rings. The van der Waals surface area contributed by atoms with Crippen LogP contribution in [0, 0.1) is 12.8 Å². The molecule has 3 heterocycles. The van der Waals surface area contributed by atoms with Crippen molar-refractivity contribution in [3.8, 4) is 11.3 Å². The summed E-state index contributed by atoms with van der Waals surface area (Å²) < 4.78 is 1.77. The number of benzene rings is 2. The summed E-state index contributed by atoms with van der Waals surface area (Å²) in [6.07, 6.45) is 3.04. The van der Waals surface area contributed by atoms with Crippen LogP contribution >= 0.6 is 0 Å². The zero-order valence-electron chi connectivity index (χ0n) is 25.0. The molecule has 8 nitrogen and oxygen atoms in total. The Labute approximate surface area is 248 Å². The van der Waals surface area contributed by atoms with Crippen molar-refractivity contribution in [3.05, 3.63) is 95.8 Å². The predicted molar refractivity (Wildman–Crippen MR) is 167 cm³/mol. The summed E-state index contributed by atoms with van der Waals surface area (Å²) in [5, 5.41) is 4.64. The lowest BCUT2D eigenvalue weighted by atomic mass is 10.1. The molecular formula is C34H40N6O2. The molecule has 0 saturated heterocycles. The third-order valence-electron chi connectivity index (χ3n) is 7.68. The van der Waals surface area contributed by atoms with Crippen LogP contribution in [0.15, 0.2) is 79.0 Å². The highest BCUT2D eigenvalue weighted by Gasteiger charge is 2.26. The third-order valence-corrected chi connectivity index (χ3v) is 7.68. The molecule has 218 valence electrons. The van der Waals surface area contributed by atoms with Crippen LogP contribution in [-0.4, -0.2) is 57.7 Å². The SMILES string of the molecule is Cc1ccc(-c2cc(C(=O)N3CCN(c4ccccn4)CCCN(C(=O)CC(C)C)c4ccccc4C3)nn2C)cc1. The van der Waals surface area contributed by atoms with Gasteiger partial charge in [0.1, 0.15) is 5.82 Å². The standard InChI is InChI=1S/C34H40N6O2/c1-25(2)22-33(41)40-19-9-18-38(32-12-7-8-17-35-32)20-21-39(24-28-10-5-6-11-30(28)40)34(42)29-23-31(37(4)36-29)27-15-13-26(3)14-16-27/h5-8,10-17,23,25H,9,18-22,24H2,1-4H3. The summed E-state index contributed by atoms with van der Waals surface area (Å²) in [6, 6.07) is 23.9. The van der Waals surface area contributed by atoms with Gasteiger partial charge in [0.05, 0.1) is 5.69 Å². The number of para-hydroxylation sites is 1. The predicted octanol–water partition coefficient (Wildman–Crippen LogP) is 5.72. The molecule has 1 aliphatic rings. The number of fused-ring (bicyclic) bond motifs is 1. The van der Waals surface area contributed by atoms with E-state index in [0.29, 0.717) is 44.8 Å². The van der Waals surface area contributed by atoms with Crippen LogP contribution in [0.2, 0.25) is 0 Å². The first-order valence-electron chi connectivity index (χ1n) is 14.7. The summed E-state index contributed by atoms with van der Waals surface area (Å²) in [7, 11) is 1.87. The van der Waals surface area contributed by atoms with Crippen LogP contribution < -0.4 is 9.80 Å². The number of rotatable bonds is 5. The quantitative estimate of drug-likeness (QED) is 0.310. The van der Waals surface area contributed by atoms with Crippen molar-refractivity contribution in [3.63, 3.8) is 0 Å². The zero-order chi connectivity index (χ0) is 29.6. The Hall–Kier alpha value is -4.46. The van der Waals surface area contributed by atoms with Gasteiger partial charge < -0.3 is 14.7 Å². The van der Waals surface area contributed by atoms with Crippen molar-refractivity contribution in [1.29, 1.82) is 0 Å². The molecule has 0 N–H and O–H groups in total. The van der Waals surface area contributed by atoms with Gasteiger partial charge in [-0.25, -0.2) is 4.98 Å². The number of amides is 2. The first kappa shape index (κ1) is 29.0. The highest BCUT2D eigenvalue weighted by atomic mass is 16.2. The van der Waals surface area contributed by atoms with Crippen LogP contribution in [0.5, 0.6) is 0 Å². The van der Waals surface area contributed by atoms with Gasteiger partial charge in [0, 0.05) is 58.1 Å². The van der Waals surface area contributed by atoms with E-state index in [1.54, 1.807) is 10.9 Å². The number of hydrogen-bond donors (Lipinski definition) is 0. The van der Waals surface area contributed by atoms with E-state index in [4.69, 9.17) is 0 Å². The van der Waals surface area contributed by atoms with Crippen molar-refractivity contribution in [2.45, 2.75) is 40.2 Å². The van der Waals surface area contributed by atoms with Crippen LogP contribution in [-0.2, 0) is 18.4 Å². The average Bonchev–Trinajstić information content (AvgIpc) is 3.36. The molecule has 4 aromatic rings. The van der Waals surface area contributed by atoms with Crippen molar-refractivity contribution in [1.82, 2.24) is 19.7 Å². The van der Waals surface area contributed by atoms with Crippen LogP contribution in [0.25, 0.3) is 11.3 Å². The van der Waals surface area contributed by atoms with Crippen molar-refractivity contribution < 1.29 is 9.59 Å². The summed E-state index contributed by atoms with van der Waals surface area (Å²) >= 11 is 0. The normalized spacial score (nSPS) is 14.5. The van der Waals surface area contributed by atoms with E-state index in [-0.39, 0.29) is 17.7 Å². The molecule has 0 aliphatic carbocycles. The maximum absolute atomic E-state index is 14.1. The first-order valence-corrected chi connectivity index (χ1v) is 14.7. The molecule has 2 aromatic carbocycles. The largest absolute Gasteiger partial charge is 0.355 e. The van der Waals surface area contributed by atoms with E-state index in [9.17, 15) is 9.59 Å². The summed E-state index contributed by atoms with van der Waals surface area (Å²) in [5.74, 6) is 1.07. The fourth-order valence-corrected chi connectivity index (χ4v) is 5.48. The number of carbonyl (C=O) groups excluding carboxylic acids is 2. The van der Waals surface area contributed by atoms with Gasteiger partial charge in [-0.1, -0.05) is 67.9 Å². The molecule has 1 aliphatic heterocycles. The Morgan fingerprint density at radius 1 is 0.905 bits per heavy atom. The minimum atomic E-state index is -0.140. The third kappa shape index (κ3) is 6.70. The van der Waals surface area contributed by atoms with Gasteiger partial charge in [0.15, 0.2) is 5.69 Å². The van der Waals surface area contributed by atoms with Crippen molar-refractivity contribution >= 4 is 23.3 Å². The van der Waals surface area contributed by atoms with Gasteiger partial charge in [-0.15, -0.1) is 0 Å². The fraction of sp³-hybridized carbons (Fsp3) is 0.353. The molecule has 42 heavy (non-hydrogen) atoms. The zero-order valence-corrected chi connectivity index (χ0v) is 25.0. The van der Waals surface area contributed by atoms with Gasteiger partial charge in [0.25, 0.3) is 5.91 Å². The second-order valence-electron chi connectivity index (χ2n) is 11.4. The lowest BCUT2D eigenvalue weighted by Crippen LogP contribution is -2.39. The minimum Gasteiger partial charge on any atom is -0.355 e. The molecule has 0 bridgehead atoms. The molecule has 8 heteroatoms. The second-order valence-corrected chi connectivity index (χ2v) is 11.4. The summed E-state index contributed by atoms with van der Waals surface area (Å²) in [5.41, 5.74) is 5.29. The molecule has 0 unspecified atom stereocenters. The molecule has 0 saturated carbocycles. The second kappa shape index (κ2) is 13.0. The molecule has 0 spiro atoms. The number of aryl methyl sites for hydroxylation is 2. The summed E-state index contributed by atoms with van der Waals surface area (Å²) in [6.45, 7) is 8.97. The number of nitrogens with zero attached hydrogens (tertiary/aromatic N) is 6. The number of hydrogen-bond acceptors (Lipinski definition) is 5. The molecule has 2 aromatic heterocycles. The Balaban J connectivity index is 1.51. The molecular weight excluding hydrogens is 524 g/mol. The van der Waals surface area contributed by atoms with E-state index in [0.717, 1.165) is 34.7 Å². The lowest BCUT2D eigenvalue weighted by molar-refractivity contribution is -0.119. The van der Waals surface area contributed by atoms with E-state index in [2.05, 4.69) is 60.0 Å². The first-order chi connectivity index (χ1) is 20.3. The van der Waals surface area contributed by atoms with Crippen LogP contribution in [0.1, 0.15) is 48.3 Å². The minimum absolute atomic E-state index is 0.103. The van der Waals surface area contributed by atoms with Gasteiger partial charge >= 0.3 is 0 Å². The van der Waals surface area contributed by atoms with Crippen LogP contribution in [0.3, 0.4) is 0 Å². The maximum Gasteiger partial charge on any atom is 0.274 e. The van der Waals surface area contributed by atoms with Crippen LogP contribution in [0.4, 0.5) is 11.5 Å². The number of anilines is 2. The smallest absolute Gasteiger partial charge is 0.274 e. The maximum atomic E-state index is 14.1. The highest BCUT2D eigenvalue weighted by molar-refractivity contribution is 5.95. The molecule has 0 atom stereocenters. The average molecular weight is 565 g/mol. The lowest BCUT2D eigenvalue weighted by Gasteiger charge is -2.28. The molecule has 0 radical (unpaired) electrons. The highest BCUT2D eigenvalue weighted by Crippen LogP contribution is 2.27. The van der Waals surface area contributed by atoms with Crippen molar-refractivity contribution in [2.24, 2.45) is 13.0 Å². The van der Waals surface area contributed by atoms with Gasteiger partial charge in [-0.05, 0) is 54.7 Å². The van der Waals surface area contributed by atoms with Gasteiger partial charge in [-0.2, -0.15) is 5.10 Å². The van der Waals surface area contributed by atoms with E-state index < -0.39 is 0 Å². The molecule has 5 rings (SSSR count).